The van der Waals surface area contributed by atoms with Gasteiger partial charge >= 0.3 is 12.1 Å². The zero-order chi connectivity index (χ0) is 12.9. The lowest BCUT2D eigenvalue weighted by Crippen LogP contribution is -2.55. The Hall–Kier alpha value is -0.900. The first-order chi connectivity index (χ1) is 7.93. The van der Waals surface area contributed by atoms with E-state index >= 15 is 0 Å². The van der Waals surface area contributed by atoms with E-state index in [-0.39, 0.29) is 12.6 Å². The molecule has 100 valence electrons. The molecule has 0 spiro atoms. The van der Waals surface area contributed by atoms with Gasteiger partial charge in [0.1, 0.15) is 6.61 Å². The summed E-state index contributed by atoms with van der Waals surface area (Å²) in [5.74, 6) is -2.34. The van der Waals surface area contributed by atoms with Crippen molar-refractivity contribution in [3.8, 4) is 0 Å². The van der Waals surface area contributed by atoms with Crippen LogP contribution in [-0.4, -0.2) is 55.7 Å². The van der Waals surface area contributed by atoms with Gasteiger partial charge in [0, 0.05) is 13.1 Å². The summed E-state index contributed by atoms with van der Waals surface area (Å²) in [6, 6.07) is 0.0765. The van der Waals surface area contributed by atoms with E-state index in [0.29, 0.717) is 13.1 Å². The summed E-state index contributed by atoms with van der Waals surface area (Å²) in [5.41, 5.74) is 2.55. The van der Waals surface area contributed by atoms with E-state index < -0.39 is 24.9 Å². The van der Waals surface area contributed by atoms with Crippen LogP contribution in [0.4, 0.5) is 13.2 Å². The van der Waals surface area contributed by atoms with Crippen molar-refractivity contribution in [2.45, 2.75) is 18.3 Å². The highest BCUT2D eigenvalue weighted by Gasteiger charge is 2.42. The van der Waals surface area contributed by atoms with E-state index in [1.165, 1.54) is 0 Å². The lowest BCUT2D eigenvalue weighted by atomic mass is 10.2. The number of esters is 1. The van der Waals surface area contributed by atoms with Crippen molar-refractivity contribution in [2.24, 2.45) is 0 Å². The Labute approximate surface area is 95.0 Å². The average molecular weight is 258 g/mol. The van der Waals surface area contributed by atoms with Crippen molar-refractivity contribution in [2.75, 3.05) is 26.3 Å². The average Bonchev–Trinajstić information content (AvgIpc) is 2.18. The first-order valence-corrected chi connectivity index (χ1v) is 4.90. The van der Waals surface area contributed by atoms with Gasteiger partial charge in [-0.2, -0.15) is 18.7 Å². The van der Waals surface area contributed by atoms with Crippen LogP contribution in [-0.2, 0) is 14.4 Å². The lowest BCUT2D eigenvalue weighted by molar-refractivity contribution is -0.210. The van der Waals surface area contributed by atoms with Gasteiger partial charge in [-0.25, -0.2) is 4.79 Å². The van der Waals surface area contributed by atoms with Crippen LogP contribution in [0.25, 0.3) is 0 Å². The summed E-state index contributed by atoms with van der Waals surface area (Å²) in [6.07, 6.45) is -6.41. The molecule has 0 aromatic carbocycles. The maximum Gasteiger partial charge on any atom is 0.490 e. The molecule has 0 radical (unpaired) electrons. The molecule has 0 amide bonds. The zero-order valence-corrected chi connectivity index (χ0v) is 8.79. The Balaban J connectivity index is 2.20. The number of hydrogen-bond acceptors (Lipinski definition) is 6. The standard InChI is InChI=1S/C8H13F3N2O4/c9-8(10,11)7(15)17-6(3-14)4-16-13-5-1-12-2-5/h5-6,12-14H,1-4H2/t6-/m0/s1. The van der Waals surface area contributed by atoms with E-state index in [9.17, 15) is 18.0 Å². The molecule has 17 heavy (non-hydrogen) atoms. The van der Waals surface area contributed by atoms with E-state index in [1.807, 2.05) is 0 Å². The summed E-state index contributed by atoms with van der Waals surface area (Å²) in [7, 11) is 0. The fourth-order valence-corrected chi connectivity index (χ4v) is 0.973. The number of carbonyl (C=O) groups is 1. The summed E-state index contributed by atoms with van der Waals surface area (Å²) in [6.45, 7) is 0.277. The topological polar surface area (TPSA) is 79.8 Å². The number of carbonyl (C=O) groups excluding carboxylic acids is 1. The fraction of sp³-hybridized carbons (Fsp3) is 0.875. The number of ether oxygens (including phenoxy) is 1. The summed E-state index contributed by atoms with van der Waals surface area (Å²) in [5, 5.41) is 11.7. The molecule has 9 heteroatoms. The van der Waals surface area contributed by atoms with Crippen LogP contribution in [0.1, 0.15) is 0 Å². The number of aliphatic hydroxyl groups excluding tert-OH is 1. The molecule has 0 bridgehead atoms. The predicted octanol–water partition coefficient (Wildman–Crippen LogP) is -1.05. The Morgan fingerprint density at radius 1 is 1.53 bits per heavy atom. The molecule has 1 aliphatic rings. The van der Waals surface area contributed by atoms with Crippen molar-refractivity contribution in [1.29, 1.82) is 0 Å². The van der Waals surface area contributed by atoms with Gasteiger partial charge in [0.05, 0.1) is 12.6 Å². The Kier molecular flexibility index (Phi) is 5.12. The molecule has 1 atom stereocenters. The highest BCUT2D eigenvalue weighted by molar-refractivity contribution is 5.75. The zero-order valence-electron chi connectivity index (χ0n) is 8.79. The van der Waals surface area contributed by atoms with Crippen molar-refractivity contribution < 1.29 is 32.6 Å². The number of nitrogens with one attached hydrogen (secondary N) is 2. The molecule has 0 saturated carbocycles. The largest absolute Gasteiger partial charge is 0.490 e. The molecule has 0 aromatic rings. The predicted molar refractivity (Wildman–Crippen MR) is 48.8 cm³/mol. The third-order valence-electron chi connectivity index (χ3n) is 2.01. The van der Waals surface area contributed by atoms with E-state index in [2.05, 4.69) is 15.5 Å². The molecule has 1 aliphatic heterocycles. The number of aliphatic hydroxyl groups is 1. The van der Waals surface area contributed by atoms with Gasteiger partial charge in [0.15, 0.2) is 6.10 Å². The van der Waals surface area contributed by atoms with Crippen molar-refractivity contribution in [1.82, 2.24) is 10.8 Å². The van der Waals surface area contributed by atoms with Crippen LogP contribution in [0.5, 0.6) is 0 Å². The Morgan fingerprint density at radius 2 is 2.18 bits per heavy atom. The highest BCUT2D eigenvalue weighted by Crippen LogP contribution is 2.17. The van der Waals surface area contributed by atoms with Gasteiger partial charge in [-0.3, -0.25) is 4.84 Å². The number of hydroxylamine groups is 1. The van der Waals surface area contributed by atoms with Gasteiger partial charge in [-0.15, -0.1) is 0 Å². The molecule has 1 fully saturated rings. The number of hydrogen-bond donors (Lipinski definition) is 3. The quantitative estimate of drug-likeness (QED) is 0.416. The van der Waals surface area contributed by atoms with Crippen LogP contribution in [0, 0.1) is 0 Å². The van der Waals surface area contributed by atoms with Crippen molar-refractivity contribution >= 4 is 5.97 Å². The minimum absolute atomic E-state index is 0.0765. The van der Waals surface area contributed by atoms with Gasteiger partial charge in [-0.1, -0.05) is 0 Å². The van der Waals surface area contributed by atoms with Crippen LogP contribution in [0.15, 0.2) is 0 Å². The van der Waals surface area contributed by atoms with Gasteiger partial charge in [-0.05, 0) is 0 Å². The minimum Gasteiger partial charge on any atom is -0.451 e. The minimum atomic E-state index is -5.07. The van der Waals surface area contributed by atoms with E-state index in [0.717, 1.165) is 0 Å². The molecule has 0 aliphatic carbocycles. The first kappa shape index (κ1) is 14.2. The summed E-state index contributed by atoms with van der Waals surface area (Å²) >= 11 is 0. The maximum absolute atomic E-state index is 11.8. The molecule has 1 heterocycles. The number of rotatable bonds is 6. The van der Waals surface area contributed by atoms with Crippen LogP contribution in [0.3, 0.4) is 0 Å². The van der Waals surface area contributed by atoms with Crippen LogP contribution < -0.4 is 10.8 Å². The van der Waals surface area contributed by atoms with Crippen LogP contribution >= 0.6 is 0 Å². The SMILES string of the molecule is O=C(O[C@@H](CO)CONC1CNC1)C(F)(F)F. The van der Waals surface area contributed by atoms with Gasteiger partial charge < -0.3 is 15.2 Å². The van der Waals surface area contributed by atoms with Crippen molar-refractivity contribution in [3.63, 3.8) is 0 Å². The molecular formula is C8H13F3N2O4. The van der Waals surface area contributed by atoms with Crippen LogP contribution in [0.2, 0.25) is 0 Å². The lowest BCUT2D eigenvalue weighted by Gasteiger charge is -2.28. The van der Waals surface area contributed by atoms with Gasteiger partial charge in [0.25, 0.3) is 0 Å². The molecule has 6 nitrogen and oxygen atoms in total. The third-order valence-corrected chi connectivity index (χ3v) is 2.01. The summed E-state index contributed by atoms with van der Waals surface area (Å²) < 4.78 is 39.5. The molecule has 3 N–H and O–H groups in total. The summed E-state index contributed by atoms with van der Waals surface area (Å²) in [4.78, 5) is 15.3. The molecule has 0 unspecified atom stereocenters. The normalized spacial score (nSPS) is 18.6. The van der Waals surface area contributed by atoms with E-state index in [4.69, 9.17) is 9.94 Å². The molecule has 1 rings (SSSR count). The second kappa shape index (κ2) is 6.15. The molecule has 1 saturated heterocycles. The van der Waals surface area contributed by atoms with Gasteiger partial charge in [0.2, 0.25) is 0 Å². The highest BCUT2D eigenvalue weighted by atomic mass is 19.4. The smallest absolute Gasteiger partial charge is 0.451 e. The number of alkyl halides is 3. The molecular weight excluding hydrogens is 245 g/mol. The maximum atomic E-state index is 11.8. The molecule has 0 aromatic heterocycles. The Morgan fingerprint density at radius 3 is 2.59 bits per heavy atom. The fourth-order valence-electron chi connectivity index (χ4n) is 0.973. The second-order valence-corrected chi connectivity index (χ2v) is 3.49. The second-order valence-electron chi connectivity index (χ2n) is 3.49. The monoisotopic (exact) mass is 258 g/mol. The van der Waals surface area contributed by atoms with Crippen molar-refractivity contribution in [3.05, 3.63) is 0 Å². The third kappa shape index (κ3) is 4.86. The first-order valence-electron chi connectivity index (χ1n) is 4.90. The Bertz CT molecular complexity index is 258. The van der Waals surface area contributed by atoms with E-state index in [1.54, 1.807) is 0 Å². The number of halogens is 3.